The highest BCUT2D eigenvalue weighted by Gasteiger charge is 2.13. The number of nitrogens with zero attached hydrogens (tertiary/aromatic N) is 4. The summed E-state index contributed by atoms with van der Waals surface area (Å²) in [6.45, 7) is 1.33. The smallest absolute Gasteiger partial charge is 0.240 e. The normalized spacial score (nSPS) is 11.3. The first kappa shape index (κ1) is 19.1. The maximum absolute atomic E-state index is 5.45. The van der Waals surface area contributed by atoms with Crippen LogP contribution in [0.5, 0.6) is 5.75 Å². The number of benzene rings is 2. The van der Waals surface area contributed by atoms with Gasteiger partial charge in [-0.1, -0.05) is 47.6 Å². The van der Waals surface area contributed by atoms with Crippen molar-refractivity contribution in [3.63, 3.8) is 0 Å². The van der Waals surface area contributed by atoms with Crippen LogP contribution in [0.25, 0.3) is 10.9 Å². The Labute approximate surface area is 170 Å². The Balaban J connectivity index is 1.40. The molecule has 148 valence electrons. The molecule has 6 nitrogen and oxygen atoms in total. The molecule has 2 aromatic heterocycles. The average Bonchev–Trinajstić information content (AvgIpc) is 3.20. The van der Waals surface area contributed by atoms with Crippen LogP contribution in [-0.4, -0.2) is 34.2 Å². The quantitative estimate of drug-likeness (QED) is 0.454. The minimum atomic E-state index is 0.589. The summed E-state index contributed by atoms with van der Waals surface area (Å²) in [5.41, 5.74) is 3.33. The van der Waals surface area contributed by atoms with Crippen molar-refractivity contribution in [3.8, 4) is 5.75 Å². The molecular formula is C23H24N4O2. The molecule has 29 heavy (non-hydrogen) atoms. The first-order valence-corrected chi connectivity index (χ1v) is 9.67. The van der Waals surface area contributed by atoms with Gasteiger partial charge in [0.05, 0.1) is 13.7 Å². The van der Waals surface area contributed by atoms with Crippen molar-refractivity contribution in [2.45, 2.75) is 25.9 Å². The van der Waals surface area contributed by atoms with Gasteiger partial charge in [-0.2, -0.15) is 4.98 Å². The Morgan fingerprint density at radius 2 is 1.83 bits per heavy atom. The highest BCUT2D eigenvalue weighted by Crippen LogP contribution is 2.27. The summed E-state index contributed by atoms with van der Waals surface area (Å²) >= 11 is 0. The molecule has 4 aromatic rings. The molecule has 0 aliphatic rings. The Bertz CT molecular complexity index is 1080. The summed E-state index contributed by atoms with van der Waals surface area (Å²) in [6, 6.07) is 18.4. The lowest BCUT2D eigenvalue weighted by Gasteiger charge is -2.16. The number of hydrogen-bond acceptors (Lipinski definition) is 6. The van der Waals surface area contributed by atoms with Crippen molar-refractivity contribution in [2.75, 3.05) is 14.2 Å². The minimum absolute atomic E-state index is 0.589. The van der Waals surface area contributed by atoms with Crippen LogP contribution in [-0.2, 0) is 25.9 Å². The summed E-state index contributed by atoms with van der Waals surface area (Å²) in [5, 5.41) is 5.22. The lowest BCUT2D eigenvalue weighted by molar-refractivity contribution is 0.261. The predicted octanol–water partition coefficient (Wildman–Crippen LogP) is 4.04. The number of rotatable bonds is 8. The van der Waals surface area contributed by atoms with E-state index in [0.29, 0.717) is 12.4 Å². The first-order valence-electron chi connectivity index (χ1n) is 9.67. The van der Waals surface area contributed by atoms with Crippen molar-refractivity contribution in [1.82, 2.24) is 20.0 Å². The van der Waals surface area contributed by atoms with Crippen LogP contribution >= 0.6 is 0 Å². The second kappa shape index (κ2) is 8.84. The fourth-order valence-electron chi connectivity index (χ4n) is 3.44. The molecule has 0 spiro atoms. The molecule has 0 unspecified atom stereocenters. The third-order valence-electron chi connectivity index (χ3n) is 4.88. The number of hydrogen-bond donors (Lipinski definition) is 0. The maximum atomic E-state index is 5.45. The van der Waals surface area contributed by atoms with E-state index in [1.165, 1.54) is 11.1 Å². The molecule has 0 saturated carbocycles. The molecule has 0 saturated heterocycles. The van der Waals surface area contributed by atoms with Gasteiger partial charge in [0, 0.05) is 24.5 Å². The highest BCUT2D eigenvalue weighted by molar-refractivity contribution is 5.87. The van der Waals surface area contributed by atoms with Crippen LogP contribution in [0.2, 0.25) is 0 Å². The molecule has 0 fully saturated rings. The molecule has 0 amide bonds. The second-order valence-electron chi connectivity index (χ2n) is 7.09. The van der Waals surface area contributed by atoms with E-state index in [2.05, 4.69) is 44.3 Å². The number of fused-ring (bicyclic) bond motifs is 1. The van der Waals surface area contributed by atoms with Gasteiger partial charge >= 0.3 is 0 Å². The van der Waals surface area contributed by atoms with Crippen molar-refractivity contribution in [2.24, 2.45) is 0 Å². The molecule has 6 heteroatoms. The van der Waals surface area contributed by atoms with Gasteiger partial charge in [0.2, 0.25) is 5.89 Å². The van der Waals surface area contributed by atoms with Crippen molar-refractivity contribution >= 4 is 10.9 Å². The molecule has 0 aliphatic carbocycles. The van der Waals surface area contributed by atoms with Crippen LogP contribution < -0.4 is 4.74 Å². The molecule has 0 N–H and O–H groups in total. The zero-order valence-corrected chi connectivity index (χ0v) is 16.7. The van der Waals surface area contributed by atoms with Crippen LogP contribution in [0.3, 0.4) is 0 Å². The summed E-state index contributed by atoms with van der Waals surface area (Å²) in [7, 11) is 3.71. The maximum Gasteiger partial charge on any atom is 0.240 e. The Morgan fingerprint density at radius 3 is 2.66 bits per heavy atom. The zero-order chi connectivity index (χ0) is 20.1. The lowest BCUT2D eigenvalue weighted by atomic mass is 10.1. The Hall–Kier alpha value is -3.25. The third kappa shape index (κ3) is 4.60. The number of pyridine rings is 1. The van der Waals surface area contributed by atoms with E-state index in [0.717, 1.165) is 41.9 Å². The van der Waals surface area contributed by atoms with Gasteiger partial charge in [0.25, 0.3) is 0 Å². The van der Waals surface area contributed by atoms with E-state index in [9.17, 15) is 0 Å². The van der Waals surface area contributed by atoms with Gasteiger partial charge in [-0.15, -0.1) is 0 Å². The van der Waals surface area contributed by atoms with E-state index in [4.69, 9.17) is 9.26 Å². The summed E-state index contributed by atoms with van der Waals surface area (Å²) in [4.78, 5) is 11.2. The monoisotopic (exact) mass is 388 g/mol. The summed E-state index contributed by atoms with van der Waals surface area (Å²) in [6.07, 6.45) is 3.46. The zero-order valence-electron chi connectivity index (χ0n) is 16.7. The first-order chi connectivity index (χ1) is 14.2. The average molecular weight is 388 g/mol. The fourth-order valence-corrected chi connectivity index (χ4v) is 3.44. The van der Waals surface area contributed by atoms with Gasteiger partial charge in [0.1, 0.15) is 11.3 Å². The van der Waals surface area contributed by atoms with Crippen LogP contribution in [0.15, 0.2) is 65.3 Å². The predicted molar refractivity (Wildman–Crippen MR) is 112 cm³/mol. The van der Waals surface area contributed by atoms with Crippen LogP contribution in [0.1, 0.15) is 22.8 Å². The molecule has 0 radical (unpaired) electrons. The van der Waals surface area contributed by atoms with Gasteiger partial charge in [-0.05, 0) is 36.7 Å². The van der Waals surface area contributed by atoms with E-state index in [1.807, 2.05) is 37.4 Å². The van der Waals surface area contributed by atoms with Crippen LogP contribution in [0, 0.1) is 0 Å². The molecule has 0 atom stereocenters. The highest BCUT2D eigenvalue weighted by atomic mass is 16.5. The third-order valence-corrected chi connectivity index (χ3v) is 4.88. The molecule has 2 aromatic carbocycles. The minimum Gasteiger partial charge on any atom is -0.494 e. The molecule has 0 bridgehead atoms. The number of ether oxygens (including phenoxy) is 1. The number of methoxy groups -OCH3 is 1. The number of aryl methyl sites for hydroxylation is 2. The topological polar surface area (TPSA) is 64.3 Å². The van der Waals surface area contributed by atoms with Crippen LogP contribution in [0.4, 0.5) is 0 Å². The SMILES string of the molecule is COc1ccc(CN(C)Cc2nc(CCc3ccccc3)no2)c2cccnc12. The van der Waals surface area contributed by atoms with Gasteiger partial charge < -0.3 is 9.26 Å². The van der Waals surface area contributed by atoms with E-state index < -0.39 is 0 Å². The van der Waals surface area contributed by atoms with E-state index >= 15 is 0 Å². The van der Waals surface area contributed by atoms with E-state index in [1.54, 1.807) is 13.3 Å². The van der Waals surface area contributed by atoms with Gasteiger partial charge in [0.15, 0.2) is 5.82 Å². The van der Waals surface area contributed by atoms with E-state index in [-0.39, 0.29) is 0 Å². The number of aromatic nitrogens is 3. The van der Waals surface area contributed by atoms with Gasteiger partial charge in [-0.25, -0.2) is 0 Å². The standard InChI is InChI=1S/C23H24N4O2/c1-27(15-18-11-12-20(28-2)23-19(18)9-6-14-24-23)16-22-25-21(26-29-22)13-10-17-7-4-3-5-8-17/h3-9,11-12,14H,10,13,15-16H2,1-2H3. The van der Waals surface area contributed by atoms with Gasteiger partial charge in [-0.3, -0.25) is 9.88 Å². The molecule has 2 heterocycles. The lowest BCUT2D eigenvalue weighted by Crippen LogP contribution is -2.17. The fraction of sp³-hybridized carbons (Fsp3) is 0.261. The summed E-state index contributed by atoms with van der Waals surface area (Å²) in [5.74, 6) is 2.16. The van der Waals surface area contributed by atoms with Crippen molar-refractivity contribution in [1.29, 1.82) is 0 Å². The summed E-state index contributed by atoms with van der Waals surface area (Å²) < 4.78 is 10.9. The molecule has 0 aliphatic heterocycles. The van der Waals surface area contributed by atoms with Crippen molar-refractivity contribution in [3.05, 3.63) is 83.6 Å². The molecule has 4 rings (SSSR count). The second-order valence-corrected chi connectivity index (χ2v) is 7.09. The molecular weight excluding hydrogens is 364 g/mol. The largest absolute Gasteiger partial charge is 0.494 e. The van der Waals surface area contributed by atoms with Crippen molar-refractivity contribution < 1.29 is 9.26 Å². The Kier molecular flexibility index (Phi) is 5.81. The Morgan fingerprint density at radius 1 is 0.966 bits per heavy atom.